The van der Waals surface area contributed by atoms with Gasteiger partial charge < -0.3 is 21.7 Å². The molecule has 1 amide bonds. The fourth-order valence-electron chi connectivity index (χ4n) is 0.394. The first kappa shape index (κ1) is 9.86. The summed E-state index contributed by atoms with van der Waals surface area (Å²) in [6, 6.07) is -1.69. The van der Waals surface area contributed by atoms with Gasteiger partial charge in [-0.3, -0.25) is 9.59 Å². The first-order valence-electron chi connectivity index (χ1n) is 2.80. The van der Waals surface area contributed by atoms with E-state index in [0.717, 1.165) is 6.92 Å². The van der Waals surface area contributed by atoms with E-state index in [1.807, 2.05) is 0 Å². The highest BCUT2D eigenvalue weighted by Crippen LogP contribution is 2.06. The van der Waals surface area contributed by atoms with Crippen molar-refractivity contribution in [3.05, 3.63) is 0 Å². The summed E-state index contributed by atoms with van der Waals surface area (Å²) >= 11 is 0. The van der Waals surface area contributed by atoms with E-state index < -0.39 is 23.5 Å². The van der Waals surface area contributed by atoms with E-state index in [0.29, 0.717) is 0 Å². The van der Waals surface area contributed by atoms with E-state index in [-0.39, 0.29) is 0 Å². The van der Waals surface area contributed by atoms with Crippen molar-refractivity contribution in [2.24, 2.45) is 11.5 Å². The summed E-state index contributed by atoms with van der Waals surface area (Å²) in [7, 11) is 0. The lowest BCUT2D eigenvalue weighted by Gasteiger charge is -2.22. The Labute approximate surface area is 62.8 Å². The van der Waals surface area contributed by atoms with Crippen LogP contribution in [-0.4, -0.2) is 33.7 Å². The third-order valence-electron chi connectivity index (χ3n) is 1.37. The number of rotatable bonds is 3. The summed E-state index contributed by atoms with van der Waals surface area (Å²) in [6.07, 6.45) is 0. The van der Waals surface area contributed by atoms with Crippen molar-refractivity contribution in [1.29, 1.82) is 0 Å². The Morgan fingerprint density at radius 1 is 1.55 bits per heavy atom. The molecular formula is C5H10N2O4. The van der Waals surface area contributed by atoms with Crippen LogP contribution in [-0.2, 0) is 9.59 Å². The van der Waals surface area contributed by atoms with Gasteiger partial charge in [0.25, 0.3) is 5.91 Å². The molecular weight excluding hydrogens is 152 g/mol. The van der Waals surface area contributed by atoms with Crippen molar-refractivity contribution >= 4 is 11.9 Å². The van der Waals surface area contributed by atoms with Crippen molar-refractivity contribution in [3.8, 4) is 0 Å². The maximum atomic E-state index is 10.4. The van der Waals surface area contributed by atoms with Gasteiger partial charge in [0.1, 0.15) is 6.04 Å². The molecule has 6 N–H and O–H groups in total. The highest BCUT2D eigenvalue weighted by molar-refractivity contribution is 5.90. The predicted octanol–water partition coefficient (Wildman–Crippen LogP) is -2.37. The topological polar surface area (TPSA) is 127 Å². The average molecular weight is 162 g/mol. The smallest absolute Gasteiger partial charge is 0.324 e. The van der Waals surface area contributed by atoms with E-state index in [1.165, 1.54) is 0 Å². The SMILES string of the molecule is C[C@](O)(C(N)=O)[C@H](N)C(=O)O. The molecule has 0 unspecified atom stereocenters. The van der Waals surface area contributed by atoms with Gasteiger partial charge in [0.2, 0.25) is 0 Å². The molecule has 11 heavy (non-hydrogen) atoms. The number of aliphatic carboxylic acids is 1. The zero-order valence-corrected chi connectivity index (χ0v) is 5.94. The Morgan fingerprint density at radius 3 is 2.00 bits per heavy atom. The van der Waals surface area contributed by atoms with Crippen LogP contribution in [0.5, 0.6) is 0 Å². The van der Waals surface area contributed by atoms with Gasteiger partial charge in [-0.1, -0.05) is 0 Å². The molecule has 6 heteroatoms. The van der Waals surface area contributed by atoms with E-state index >= 15 is 0 Å². The molecule has 0 radical (unpaired) electrons. The molecule has 2 atom stereocenters. The van der Waals surface area contributed by atoms with Gasteiger partial charge in [-0.05, 0) is 6.92 Å². The van der Waals surface area contributed by atoms with E-state index in [4.69, 9.17) is 15.9 Å². The van der Waals surface area contributed by atoms with Crippen LogP contribution >= 0.6 is 0 Å². The Balaban J connectivity index is 4.55. The van der Waals surface area contributed by atoms with Crippen molar-refractivity contribution in [2.75, 3.05) is 0 Å². The maximum Gasteiger partial charge on any atom is 0.324 e. The molecule has 0 bridgehead atoms. The molecule has 64 valence electrons. The first-order valence-corrected chi connectivity index (χ1v) is 2.80. The summed E-state index contributed by atoms with van der Waals surface area (Å²) in [5.74, 6) is -2.64. The van der Waals surface area contributed by atoms with Crippen LogP contribution in [0.3, 0.4) is 0 Å². The molecule has 0 fully saturated rings. The van der Waals surface area contributed by atoms with Gasteiger partial charge in [0, 0.05) is 0 Å². The number of hydrogen-bond acceptors (Lipinski definition) is 4. The van der Waals surface area contributed by atoms with Gasteiger partial charge in [-0.25, -0.2) is 0 Å². The van der Waals surface area contributed by atoms with Gasteiger partial charge in [0.15, 0.2) is 5.60 Å². The van der Waals surface area contributed by atoms with Crippen LogP contribution in [0.15, 0.2) is 0 Å². The monoisotopic (exact) mass is 162 g/mol. The van der Waals surface area contributed by atoms with Crippen molar-refractivity contribution in [1.82, 2.24) is 0 Å². The molecule has 0 aliphatic heterocycles. The third kappa shape index (κ3) is 1.89. The highest BCUT2D eigenvalue weighted by atomic mass is 16.4. The van der Waals surface area contributed by atoms with E-state index in [2.05, 4.69) is 5.73 Å². The zero-order valence-electron chi connectivity index (χ0n) is 5.94. The normalized spacial score (nSPS) is 18.5. The number of carbonyl (C=O) groups excluding carboxylic acids is 1. The number of amides is 1. The van der Waals surface area contributed by atoms with Crippen LogP contribution in [0.1, 0.15) is 6.92 Å². The second-order valence-corrected chi connectivity index (χ2v) is 2.33. The fourth-order valence-corrected chi connectivity index (χ4v) is 0.394. The number of primary amides is 1. The van der Waals surface area contributed by atoms with E-state index in [9.17, 15) is 9.59 Å². The minimum absolute atomic E-state index is 0.953. The van der Waals surface area contributed by atoms with Crippen LogP contribution in [0.2, 0.25) is 0 Å². The minimum Gasteiger partial charge on any atom is -0.480 e. The number of carboxylic acid groups (broad SMARTS) is 1. The largest absolute Gasteiger partial charge is 0.480 e. The molecule has 0 aromatic heterocycles. The standard InChI is InChI=1S/C5H10N2O4/c1-5(11,4(7)10)2(6)3(8)9/h2,11H,6H2,1H3,(H2,7,10)(H,8,9)/t2-,5-/m1/s1. The maximum absolute atomic E-state index is 10.4. The number of carbonyl (C=O) groups is 2. The van der Waals surface area contributed by atoms with Gasteiger partial charge >= 0.3 is 5.97 Å². The summed E-state index contributed by atoms with van der Waals surface area (Å²) in [4.78, 5) is 20.6. The summed E-state index contributed by atoms with van der Waals surface area (Å²) in [6.45, 7) is 0.953. The molecule has 6 nitrogen and oxygen atoms in total. The van der Waals surface area contributed by atoms with Gasteiger partial charge in [0.05, 0.1) is 0 Å². The van der Waals surface area contributed by atoms with Crippen LogP contribution < -0.4 is 11.5 Å². The second kappa shape index (κ2) is 2.85. The number of nitrogens with two attached hydrogens (primary N) is 2. The summed E-state index contributed by atoms with van der Waals surface area (Å²) < 4.78 is 0. The summed E-state index contributed by atoms with van der Waals surface area (Å²) in [5, 5.41) is 17.3. The molecule has 0 aromatic carbocycles. The highest BCUT2D eigenvalue weighted by Gasteiger charge is 2.39. The van der Waals surface area contributed by atoms with Crippen LogP contribution in [0, 0.1) is 0 Å². The Kier molecular flexibility index (Phi) is 2.55. The predicted molar refractivity (Wildman–Crippen MR) is 35.4 cm³/mol. The summed E-state index contributed by atoms with van der Waals surface area (Å²) in [5.41, 5.74) is 7.42. The molecule has 0 saturated heterocycles. The Bertz CT molecular complexity index is 189. The van der Waals surface area contributed by atoms with Gasteiger partial charge in [-0.15, -0.1) is 0 Å². The Morgan fingerprint density at radius 2 is 1.91 bits per heavy atom. The molecule has 0 saturated carbocycles. The average Bonchev–Trinajstić information content (AvgIpc) is 1.85. The van der Waals surface area contributed by atoms with Crippen LogP contribution in [0.4, 0.5) is 0 Å². The Hall–Kier alpha value is -1.14. The first-order chi connectivity index (χ1) is 4.80. The molecule has 0 spiro atoms. The van der Waals surface area contributed by atoms with Gasteiger partial charge in [-0.2, -0.15) is 0 Å². The van der Waals surface area contributed by atoms with Crippen LogP contribution in [0.25, 0.3) is 0 Å². The van der Waals surface area contributed by atoms with Crippen molar-refractivity contribution < 1.29 is 19.8 Å². The quantitative estimate of drug-likeness (QED) is 0.369. The molecule has 0 heterocycles. The molecule has 0 aromatic rings. The fraction of sp³-hybridized carbons (Fsp3) is 0.600. The molecule has 0 aliphatic rings. The molecule has 0 rings (SSSR count). The lowest BCUT2D eigenvalue weighted by molar-refractivity contribution is -0.152. The second-order valence-electron chi connectivity index (χ2n) is 2.33. The number of carboxylic acids is 1. The van der Waals surface area contributed by atoms with Crippen molar-refractivity contribution in [2.45, 2.75) is 18.6 Å². The van der Waals surface area contributed by atoms with Crippen molar-refractivity contribution in [3.63, 3.8) is 0 Å². The number of hydrogen-bond donors (Lipinski definition) is 4. The lowest BCUT2D eigenvalue weighted by Crippen LogP contribution is -2.58. The zero-order chi connectivity index (χ0) is 9.23. The van der Waals surface area contributed by atoms with E-state index in [1.54, 1.807) is 0 Å². The molecule has 0 aliphatic carbocycles. The third-order valence-corrected chi connectivity index (χ3v) is 1.37. The minimum atomic E-state index is -2.20. The lowest BCUT2D eigenvalue weighted by atomic mass is 9.97. The number of aliphatic hydroxyl groups is 1.